The number of benzene rings is 1. The van der Waals surface area contributed by atoms with Gasteiger partial charge in [0.05, 0.1) is 5.54 Å². The van der Waals surface area contributed by atoms with Crippen molar-refractivity contribution in [2.75, 3.05) is 6.54 Å². The summed E-state index contributed by atoms with van der Waals surface area (Å²) in [5.41, 5.74) is 6.60. The van der Waals surface area contributed by atoms with Crippen molar-refractivity contribution >= 4 is 5.91 Å². The Morgan fingerprint density at radius 1 is 1.39 bits per heavy atom. The molecule has 1 aromatic carbocycles. The van der Waals surface area contributed by atoms with Crippen LogP contribution in [0.1, 0.15) is 23.0 Å². The Balaban J connectivity index is 2.21. The van der Waals surface area contributed by atoms with Crippen LogP contribution >= 0.6 is 0 Å². The first-order valence-corrected chi connectivity index (χ1v) is 5.73. The maximum atomic E-state index is 12.0. The molecule has 0 aliphatic carbocycles. The second kappa shape index (κ2) is 5.01. The molecule has 0 fully saturated rings. The monoisotopic (exact) mass is 244 g/mol. The molecule has 0 radical (unpaired) electrons. The van der Waals surface area contributed by atoms with E-state index in [-0.39, 0.29) is 5.91 Å². The Morgan fingerprint density at radius 3 is 2.67 bits per heavy atom. The van der Waals surface area contributed by atoms with E-state index < -0.39 is 5.54 Å². The van der Waals surface area contributed by atoms with Crippen LogP contribution in [0, 0.1) is 0 Å². The Bertz CT molecular complexity index is 509. The summed E-state index contributed by atoms with van der Waals surface area (Å²) in [6.07, 6.45) is 1.54. The smallest absolute Gasteiger partial charge is 0.270 e. The molecule has 0 bridgehead atoms. The zero-order valence-corrected chi connectivity index (χ0v) is 10.2. The Hall–Kier alpha value is -2.14. The van der Waals surface area contributed by atoms with Gasteiger partial charge >= 0.3 is 0 Å². The zero-order chi connectivity index (χ0) is 13.0. The van der Waals surface area contributed by atoms with Crippen molar-refractivity contribution < 1.29 is 4.79 Å². The molecule has 5 nitrogen and oxygen atoms in total. The minimum absolute atomic E-state index is 0.218. The topological polar surface area (TPSA) is 83.8 Å². The van der Waals surface area contributed by atoms with Gasteiger partial charge in [-0.2, -0.15) is 5.10 Å². The number of carbonyl (C=O) groups excluding carboxylic acids is 1. The fourth-order valence-electron chi connectivity index (χ4n) is 1.75. The molecule has 1 heterocycles. The number of nitrogens with one attached hydrogen (secondary N) is 2. The van der Waals surface area contributed by atoms with Gasteiger partial charge in [0.2, 0.25) is 0 Å². The summed E-state index contributed by atoms with van der Waals surface area (Å²) in [7, 11) is 0. The maximum Gasteiger partial charge on any atom is 0.270 e. The molecule has 0 saturated carbocycles. The molecule has 1 amide bonds. The standard InChI is InChI=1S/C13H16N4O/c1-13(9-14,10-5-3-2-4-6-10)16-12(18)11-7-8-15-17-11/h2-8H,9,14H2,1H3,(H,15,17)(H,16,18). The number of nitrogens with zero attached hydrogens (tertiary/aromatic N) is 1. The van der Waals surface area contributed by atoms with E-state index in [1.165, 1.54) is 6.20 Å². The highest BCUT2D eigenvalue weighted by atomic mass is 16.2. The molecular weight excluding hydrogens is 228 g/mol. The third-order valence-corrected chi connectivity index (χ3v) is 2.95. The summed E-state index contributed by atoms with van der Waals surface area (Å²) in [6.45, 7) is 2.22. The zero-order valence-electron chi connectivity index (χ0n) is 10.2. The average molecular weight is 244 g/mol. The molecule has 1 aromatic heterocycles. The highest BCUT2D eigenvalue weighted by Gasteiger charge is 2.27. The molecule has 4 N–H and O–H groups in total. The minimum atomic E-state index is -0.594. The van der Waals surface area contributed by atoms with Crippen molar-refractivity contribution in [3.05, 3.63) is 53.9 Å². The van der Waals surface area contributed by atoms with Crippen LogP contribution in [0.2, 0.25) is 0 Å². The Morgan fingerprint density at radius 2 is 2.11 bits per heavy atom. The summed E-state index contributed by atoms with van der Waals surface area (Å²) < 4.78 is 0. The van der Waals surface area contributed by atoms with Gasteiger partial charge < -0.3 is 11.1 Å². The SMILES string of the molecule is CC(CN)(NC(=O)c1ccn[nH]1)c1ccccc1. The number of amides is 1. The molecule has 2 aromatic rings. The fraction of sp³-hybridized carbons (Fsp3) is 0.231. The van der Waals surface area contributed by atoms with E-state index in [4.69, 9.17) is 5.73 Å². The molecule has 5 heteroatoms. The van der Waals surface area contributed by atoms with Crippen LogP contribution < -0.4 is 11.1 Å². The largest absolute Gasteiger partial charge is 0.340 e. The van der Waals surface area contributed by atoms with E-state index in [1.807, 2.05) is 37.3 Å². The predicted octanol–water partition coefficient (Wildman–Crippen LogP) is 1.01. The maximum absolute atomic E-state index is 12.0. The molecule has 2 rings (SSSR count). The first-order valence-electron chi connectivity index (χ1n) is 5.73. The molecule has 1 atom stereocenters. The number of hydrogen-bond acceptors (Lipinski definition) is 3. The van der Waals surface area contributed by atoms with Gasteiger partial charge in [-0.3, -0.25) is 9.89 Å². The van der Waals surface area contributed by atoms with Gasteiger partial charge in [-0.15, -0.1) is 0 Å². The first-order chi connectivity index (χ1) is 8.65. The number of H-pyrrole nitrogens is 1. The van der Waals surface area contributed by atoms with Gasteiger partial charge in [0.25, 0.3) is 5.91 Å². The van der Waals surface area contributed by atoms with Crippen LogP contribution in [0.4, 0.5) is 0 Å². The normalized spacial score (nSPS) is 13.9. The summed E-state index contributed by atoms with van der Waals surface area (Å²) in [5.74, 6) is -0.218. The van der Waals surface area contributed by atoms with E-state index in [0.717, 1.165) is 5.56 Å². The lowest BCUT2D eigenvalue weighted by molar-refractivity contribution is 0.0902. The lowest BCUT2D eigenvalue weighted by Gasteiger charge is -2.29. The molecule has 0 aliphatic rings. The van der Waals surface area contributed by atoms with Gasteiger partial charge in [-0.1, -0.05) is 30.3 Å². The van der Waals surface area contributed by atoms with Gasteiger partial charge in [0.15, 0.2) is 0 Å². The van der Waals surface area contributed by atoms with Crippen molar-refractivity contribution in [1.29, 1.82) is 0 Å². The van der Waals surface area contributed by atoms with E-state index in [2.05, 4.69) is 15.5 Å². The number of nitrogens with two attached hydrogens (primary N) is 1. The molecule has 0 aliphatic heterocycles. The van der Waals surface area contributed by atoms with Crippen LogP contribution in [-0.2, 0) is 5.54 Å². The van der Waals surface area contributed by atoms with E-state index in [0.29, 0.717) is 12.2 Å². The summed E-state index contributed by atoms with van der Waals surface area (Å²) in [4.78, 5) is 12.0. The van der Waals surface area contributed by atoms with E-state index >= 15 is 0 Å². The van der Waals surface area contributed by atoms with Gasteiger partial charge in [0.1, 0.15) is 5.69 Å². The predicted molar refractivity (Wildman–Crippen MR) is 68.9 cm³/mol. The second-order valence-electron chi connectivity index (χ2n) is 4.33. The average Bonchev–Trinajstić information content (AvgIpc) is 2.93. The van der Waals surface area contributed by atoms with Crippen LogP contribution in [0.5, 0.6) is 0 Å². The third kappa shape index (κ3) is 2.41. The molecular formula is C13H16N4O. The molecule has 0 saturated heterocycles. The summed E-state index contributed by atoms with van der Waals surface area (Å²) in [5, 5.41) is 9.31. The number of aromatic nitrogens is 2. The molecule has 94 valence electrons. The third-order valence-electron chi connectivity index (χ3n) is 2.95. The van der Waals surface area contributed by atoms with Crippen molar-refractivity contribution in [2.24, 2.45) is 5.73 Å². The lowest BCUT2D eigenvalue weighted by Crippen LogP contribution is -2.48. The fourth-order valence-corrected chi connectivity index (χ4v) is 1.75. The summed E-state index contributed by atoms with van der Waals surface area (Å²) in [6, 6.07) is 11.3. The molecule has 18 heavy (non-hydrogen) atoms. The highest BCUT2D eigenvalue weighted by molar-refractivity contribution is 5.92. The highest BCUT2D eigenvalue weighted by Crippen LogP contribution is 2.19. The van der Waals surface area contributed by atoms with Gasteiger partial charge in [0, 0.05) is 12.7 Å². The summed E-state index contributed by atoms with van der Waals surface area (Å²) >= 11 is 0. The molecule has 0 spiro atoms. The Kier molecular flexibility index (Phi) is 3.43. The number of rotatable bonds is 4. The van der Waals surface area contributed by atoms with Crippen molar-refractivity contribution in [1.82, 2.24) is 15.5 Å². The van der Waals surface area contributed by atoms with Crippen LogP contribution in [0.3, 0.4) is 0 Å². The second-order valence-corrected chi connectivity index (χ2v) is 4.33. The lowest BCUT2D eigenvalue weighted by atomic mass is 9.92. The van der Waals surface area contributed by atoms with Crippen LogP contribution in [0.25, 0.3) is 0 Å². The quantitative estimate of drug-likeness (QED) is 0.750. The van der Waals surface area contributed by atoms with Crippen molar-refractivity contribution in [3.63, 3.8) is 0 Å². The first kappa shape index (κ1) is 12.3. The van der Waals surface area contributed by atoms with Crippen LogP contribution in [0.15, 0.2) is 42.6 Å². The molecule has 1 unspecified atom stereocenters. The minimum Gasteiger partial charge on any atom is -0.340 e. The Labute approximate surface area is 105 Å². The van der Waals surface area contributed by atoms with E-state index in [9.17, 15) is 4.79 Å². The number of carbonyl (C=O) groups is 1. The number of aromatic amines is 1. The van der Waals surface area contributed by atoms with Crippen molar-refractivity contribution in [3.8, 4) is 0 Å². The van der Waals surface area contributed by atoms with E-state index in [1.54, 1.807) is 6.07 Å². The van der Waals surface area contributed by atoms with Crippen LogP contribution in [-0.4, -0.2) is 22.6 Å². The van der Waals surface area contributed by atoms with Gasteiger partial charge in [-0.25, -0.2) is 0 Å². The number of hydrogen-bond donors (Lipinski definition) is 3. The van der Waals surface area contributed by atoms with Gasteiger partial charge in [-0.05, 0) is 18.6 Å². The van der Waals surface area contributed by atoms with Crippen molar-refractivity contribution in [2.45, 2.75) is 12.5 Å².